The zero-order valence-electron chi connectivity index (χ0n) is 16.8. The molecule has 2 saturated heterocycles. The lowest BCUT2D eigenvalue weighted by atomic mass is 9.71. The van der Waals surface area contributed by atoms with Crippen LogP contribution in [0.5, 0.6) is 0 Å². The number of carbonyl (C=O) groups is 3. The summed E-state index contributed by atoms with van der Waals surface area (Å²) in [5.41, 5.74) is -1.38. The van der Waals surface area contributed by atoms with Gasteiger partial charge in [-0.25, -0.2) is 9.59 Å². The van der Waals surface area contributed by atoms with E-state index in [9.17, 15) is 14.4 Å². The summed E-state index contributed by atoms with van der Waals surface area (Å²) in [5.74, 6) is -0.226. The van der Waals surface area contributed by atoms with Crippen molar-refractivity contribution in [1.29, 1.82) is 0 Å². The summed E-state index contributed by atoms with van der Waals surface area (Å²) in [6.45, 7) is 12.9. The topological polar surface area (TPSA) is 76.2 Å². The number of amides is 2. The van der Waals surface area contributed by atoms with Crippen LogP contribution in [0.2, 0.25) is 0 Å². The van der Waals surface area contributed by atoms with Gasteiger partial charge in [0, 0.05) is 37.5 Å². The fraction of sp³-hybridized carbons (Fsp3) is 0.842. The maximum atomic E-state index is 12.4. The van der Waals surface area contributed by atoms with Gasteiger partial charge in [-0.3, -0.25) is 0 Å². The Kier molecular flexibility index (Phi) is 5.59. The first-order valence-electron chi connectivity index (χ1n) is 9.26. The molecule has 2 rings (SSSR count). The number of ether oxygens (including phenoxy) is 2. The summed E-state index contributed by atoms with van der Waals surface area (Å²) in [4.78, 5) is 39.6. The minimum atomic E-state index is -0.566. The second kappa shape index (κ2) is 7.08. The molecule has 148 valence electrons. The molecule has 7 heteroatoms. The molecule has 1 unspecified atom stereocenters. The minimum absolute atomic E-state index is 0.226. The lowest BCUT2D eigenvalue weighted by Crippen LogP contribution is -2.48. The minimum Gasteiger partial charge on any atom is -0.444 e. The van der Waals surface area contributed by atoms with Crippen molar-refractivity contribution < 1.29 is 23.9 Å². The number of hydrogen-bond donors (Lipinski definition) is 0. The van der Waals surface area contributed by atoms with E-state index in [2.05, 4.69) is 0 Å². The van der Waals surface area contributed by atoms with E-state index in [1.165, 1.54) is 0 Å². The van der Waals surface area contributed by atoms with Gasteiger partial charge in [0.1, 0.15) is 17.5 Å². The van der Waals surface area contributed by atoms with Crippen molar-refractivity contribution >= 4 is 18.5 Å². The molecule has 0 aliphatic carbocycles. The number of nitrogens with zero attached hydrogens (tertiary/aromatic N) is 2. The smallest absolute Gasteiger partial charge is 0.410 e. The van der Waals surface area contributed by atoms with Crippen molar-refractivity contribution in [2.75, 3.05) is 26.2 Å². The van der Waals surface area contributed by atoms with Crippen molar-refractivity contribution in [2.45, 2.75) is 65.6 Å². The molecule has 0 aromatic rings. The average molecular weight is 368 g/mol. The van der Waals surface area contributed by atoms with Crippen molar-refractivity contribution in [2.24, 2.45) is 11.3 Å². The van der Waals surface area contributed by atoms with Crippen molar-refractivity contribution in [3.05, 3.63) is 0 Å². The van der Waals surface area contributed by atoms with Crippen LogP contribution in [0.25, 0.3) is 0 Å². The van der Waals surface area contributed by atoms with Gasteiger partial charge in [0.15, 0.2) is 0 Å². The fourth-order valence-corrected chi connectivity index (χ4v) is 3.64. The molecule has 0 aromatic carbocycles. The van der Waals surface area contributed by atoms with Gasteiger partial charge in [-0.05, 0) is 54.4 Å². The molecule has 7 nitrogen and oxygen atoms in total. The normalized spacial score (nSPS) is 23.1. The molecular formula is C19H32N2O5. The van der Waals surface area contributed by atoms with Gasteiger partial charge in [0.25, 0.3) is 0 Å². The highest BCUT2D eigenvalue weighted by Gasteiger charge is 2.50. The van der Waals surface area contributed by atoms with Crippen LogP contribution in [-0.4, -0.2) is 65.7 Å². The van der Waals surface area contributed by atoms with Crippen molar-refractivity contribution in [3.8, 4) is 0 Å². The summed E-state index contributed by atoms with van der Waals surface area (Å²) < 4.78 is 10.9. The third-order valence-electron chi connectivity index (χ3n) is 4.94. The summed E-state index contributed by atoms with van der Waals surface area (Å²) in [7, 11) is 0. The van der Waals surface area contributed by atoms with E-state index in [1.807, 2.05) is 41.5 Å². The highest BCUT2D eigenvalue weighted by atomic mass is 16.6. The van der Waals surface area contributed by atoms with Crippen LogP contribution in [0.15, 0.2) is 0 Å². The molecule has 1 atom stereocenters. The Balaban J connectivity index is 2.00. The van der Waals surface area contributed by atoms with Gasteiger partial charge in [-0.2, -0.15) is 0 Å². The molecule has 0 N–H and O–H groups in total. The molecule has 2 aliphatic rings. The monoisotopic (exact) mass is 368 g/mol. The zero-order chi connectivity index (χ0) is 19.8. The molecule has 2 aliphatic heterocycles. The van der Waals surface area contributed by atoms with Crippen LogP contribution in [-0.2, 0) is 14.3 Å². The average Bonchev–Trinajstić information content (AvgIpc) is 2.83. The van der Waals surface area contributed by atoms with Gasteiger partial charge in [-0.15, -0.1) is 0 Å². The number of hydrogen-bond acceptors (Lipinski definition) is 5. The van der Waals surface area contributed by atoms with Crippen LogP contribution >= 0.6 is 0 Å². The second-order valence-electron chi connectivity index (χ2n) is 9.43. The van der Waals surface area contributed by atoms with E-state index >= 15 is 0 Å². The van der Waals surface area contributed by atoms with Crippen molar-refractivity contribution in [3.63, 3.8) is 0 Å². The van der Waals surface area contributed by atoms with Crippen LogP contribution in [0.3, 0.4) is 0 Å². The summed E-state index contributed by atoms with van der Waals surface area (Å²) in [6, 6.07) is 0. The first-order valence-corrected chi connectivity index (χ1v) is 9.26. The lowest BCUT2D eigenvalue weighted by molar-refractivity contribution is -0.114. The molecule has 2 fully saturated rings. The standard InChI is InChI=1S/C19H32N2O5/c1-17(2,3)25-15(23)20-9-7-19(8-10-20)13-21(11-14(19)12-22)16(24)26-18(4,5)6/h12,14H,7-11,13H2,1-6H3. The van der Waals surface area contributed by atoms with E-state index < -0.39 is 11.2 Å². The Bertz CT molecular complexity index is 553. The molecule has 2 amide bonds. The number of aldehydes is 1. The van der Waals surface area contributed by atoms with Gasteiger partial charge >= 0.3 is 12.2 Å². The number of rotatable bonds is 1. The van der Waals surface area contributed by atoms with Gasteiger partial charge in [0.2, 0.25) is 0 Å². The first-order chi connectivity index (χ1) is 11.9. The van der Waals surface area contributed by atoms with E-state index in [1.54, 1.807) is 9.80 Å². The number of carbonyl (C=O) groups excluding carboxylic acids is 3. The van der Waals surface area contributed by atoms with Gasteiger partial charge in [0.05, 0.1) is 0 Å². The maximum absolute atomic E-state index is 12.4. The molecular weight excluding hydrogens is 336 g/mol. The Morgan fingerprint density at radius 2 is 1.38 bits per heavy atom. The van der Waals surface area contributed by atoms with Crippen LogP contribution in [0.4, 0.5) is 9.59 Å². The zero-order valence-corrected chi connectivity index (χ0v) is 16.8. The second-order valence-corrected chi connectivity index (χ2v) is 9.43. The summed E-state index contributed by atoms with van der Waals surface area (Å²) in [6.07, 6.45) is 1.60. The Labute approximate surface area is 156 Å². The summed E-state index contributed by atoms with van der Waals surface area (Å²) >= 11 is 0. The SMILES string of the molecule is CC(C)(C)OC(=O)N1CCC2(CC1)CN(C(=O)OC(C)(C)C)CC2C=O. The molecule has 2 heterocycles. The largest absolute Gasteiger partial charge is 0.444 e. The predicted molar refractivity (Wildman–Crippen MR) is 96.8 cm³/mol. The third kappa shape index (κ3) is 4.89. The molecule has 0 saturated carbocycles. The van der Waals surface area contributed by atoms with E-state index in [0.29, 0.717) is 39.0 Å². The fourth-order valence-electron chi connectivity index (χ4n) is 3.64. The van der Waals surface area contributed by atoms with Gasteiger partial charge < -0.3 is 24.1 Å². The van der Waals surface area contributed by atoms with Crippen LogP contribution in [0.1, 0.15) is 54.4 Å². The van der Waals surface area contributed by atoms with E-state index in [0.717, 1.165) is 6.29 Å². The predicted octanol–water partition coefficient (Wildman–Crippen LogP) is 3.07. The number of piperidine rings is 1. The lowest BCUT2D eigenvalue weighted by Gasteiger charge is -2.41. The Morgan fingerprint density at radius 3 is 1.81 bits per heavy atom. The molecule has 26 heavy (non-hydrogen) atoms. The summed E-state index contributed by atoms with van der Waals surface area (Å²) in [5, 5.41) is 0. The Morgan fingerprint density at radius 1 is 0.923 bits per heavy atom. The van der Waals surface area contributed by atoms with Crippen LogP contribution in [0, 0.1) is 11.3 Å². The highest BCUT2D eigenvalue weighted by molar-refractivity contribution is 5.71. The van der Waals surface area contributed by atoms with Crippen molar-refractivity contribution in [1.82, 2.24) is 9.80 Å². The maximum Gasteiger partial charge on any atom is 0.410 e. The third-order valence-corrected chi connectivity index (χ3v) is 4.94. The van der Waals surface area contributed by atoms with Crippen LogP contribution < -0.4 is 0 Å². The number of likely N-dealkylation sites (tertiary alicyclic amines) is 2. The van der Waals surface area contributed by atoms with E-state index in [4.69, 9.17) is 9.47 Å². The first kappa shape index (κ1) is 20.5. The van der Waals surface area contributed by atoms with E-state index in [-0.39, 0.29) is 23.5 Å². The quantitative estimate of drug-likeness (QED) is 0.665. The Hall–Kier alpha value is -1.79. The molecule has 0 bridgehead atoms. The molecule has 0 radical (unpaired) electrons. The highest BCUT2D eigenvalue weighted by Crippen LogP contribution is 2.44. The van der Waals surface area contributed by atoms with Gasteiger partial charge in [-0.1, -0.05) is 0 Å². The molecule has 1 spiro atoms. The molecule has 0 aromatic heterocycles.